The Kier molecular flexibility index (Phi) is 5.39. The van der Waals surface area contributed by atoms with E-state index < -0.39 is 0 Å². The molecule has 2 aromatic rings. The van der Waals surface area contributed by atoms with Gasteiger partial charge in [-0.1, -0.05) is 61.7 Å². The Morgan fingerprint density at radius 3 is 2.48 bits per heavy atom. The van der Waals surface area contributed by atoms with Crippen molar-refractivity contribution in [3.63, 3.8) is 0 Å². The van der Waals surface area contributed by atoms with Crippen LogP contribution in [0.4, 0.5) is 0 Å². The van der Waals surface area contributed by atoms with E-state index >= 15 is 0 Å². The molecule has 1 heteroatoms. The lowest BCUT2D eigenvalue weighted by Crippen LogP contribution is -2.01. The van der Waals surface area contributed by atoms with Gasteiger partial charge in [-0.2, -0.15) is 0 Å². The summed E-state index contributed by atoms with van der Waals surface area (Å²) in [4.78, 5) is 0. The summed E-state index contributed by atoms with van der Waals surface area (Å²) in [5, 5.41) is 0. The summed E-state index contributed by atoms with van der Waals surface area (Å²) in [5.74, 6) is 0.923. The Bertz CT molecular complexity index is 608. The largest absolute Gasteiger partial charge is 0.493 e. The topological polar surface area (TPSA) is 9.23 Å². The lowest BCUT2D eigenvalue weighted by atomic mass is 10.1. The van der Waals surface area contributed by atoms with Gasteiger partial charge in [0.2, 0.25) is 0 Å². The minimum Gasteiger partial charge on any atom is -0.493 e. The molecule has 0 aromatic heterocycles. The maximum Gasteiger partial charge on any atom is 0.126 e. The Labute approximate surface area is 127 Å². The first-order valence-electron chi connectivity index (χ1n) is 7.30. The molecule has 2 rings (SSSR count). The number of hydrogen-bond acceptors (Lipinski definition) is 1. The molecule has 0 saturated carbocycles. The number of hydrogen-bond donors (Lipinski definition) is 0. The molecule has 0 aliphatic carbocycles. The fraction of sp³-hybridized carbons (Fsp3) is 0.200. The molecule has 0 bridgehead atoms. The van der Waals surface area contributed by atoms with E-state index in [2.05, 4.69) is 37.4 Å². The Hall–Kier alpha value is -2.28. The van der Waals surface area contributed by atoms with Gasteiger partial charge in [0.1, 0.15) is 5.75 Å². The highest BCUT2D eigenvalue weighted by molar-refractivity contribution is 5.66. The van der Waals surface area contributed by atoms with E-state index in [1.165, 1.54) is 5.56 Å². The van der Waals surface area contributed by atoms with Crippen LogP contribution in [0.2, 0.25) is 0 Å². The fourth-order valence-electron chi connectivity index (χ4n) is 2.22. The highest BCUT2D eigenvalue weighted by atomic mass is 16.5. The molecule has 0 heterocycles. The number of allylic oxidation sites excluding steroid dienone is 1. The number of rotatable bonds is 7. The molecule has 1 nitrogen and oxygen atoms in total. The van der Waals surface area contributed by atoms with Gasteiger partial charge in [-0.15, -0.1) is 0 Å². The molecule has 0 N–H and O–H groups in total. The third kappa shape index (κ3) is 4.35. The Balaban J connectivity index is 1.84. The summed E-state index contributed by atoms with van der Waals surface area (Å²) in [5.41, 5.74) is 4.61. The number of ether oxygens (including phenoxy) is 1. The highest BCUT2D eigenvalue weighted by Crippen LogP contribution is 2.24. The van der Waals surface area contributed by atoms with E-state index in [1.807, 2.05) is 37.3 Å². The third-order valence-electron chi connectivity index (χ3n) is 3.43. The summed E-state index contributed by atoms with van der Waals surface area (Å²) in [7, 11) is 0. The zero-order valence-electron chi connectivity index (χ0n) is 12.6. The van der Waals surface area contributed by atoms with Crippen molar-refractivity contribution < 1.29 is 4.74 Å². The first-order valence-corrected chi connectivity index (χ1v) is 7.30. The first-order chi connectivity index (χ1) is 10.2. The third-order valence-corrected chi connectivity index (χ3v) is 3.43. The molecule has 21 heavy (non-hydrogen) atoms. The van der Waals surface area contributed by atoms with E-state index in [1.54, 1.807) is 0 Å². The van der Waals surface area contributed by atoms with Crippen molar-refractivity contribution in [3.05, 3.63) is 78.4 Å². The van der Waals surface area contributed by atoms with Gasteiger partial charge in [-0.3, -0.25) is 0 Å². The van der Waals surface area contributed by atoms with Gasteiger partial charge >= 0.3 is 0 Å². The van der Waals surface area contributed by atoms with E-state index in [-0.39, 0.29) is 0 Å². The number of benzene rings is 2. The molecular formula is C20H22O. The van der Waals surface area contributed by atoms with Crippen molar-refractivity contribution in [1.82, 2.24) is 0 Å². The molecule has 0 radical (unpaired) electrons. The summed E-state index contributed by atoms with van der Waals surface area (Å²) >= 11 is 0. The first kappa shape index (κ1) is 15.1. The summed E-state index contributed by atoms with van der Waals surface area (Å²) in [6.07, 6.45) is 3.88. The van der Waals surface area contributed by atoms with Gasteiger partial charge in [0, 0.05) is 5.56 Å². The van der Waals surface area contributed by atoms with Crippen molar-refractivity contribution in [2.75, 3.05) is 6.61 Å². The van der Waals surface area contributed by atoms with Crippen LogP contribution in [0.5, 0.6) is 5.75 Å². The van der Waals surface area contributed by atoms with E-state index in [0.717, 1.165) is 35.3 Å². The molecule has 0 atom stereocenters. The average Bonchev–Trinajstić information content (AvgIpc) is 2.52. The van der Waals surface area contributed by atoms with Crippen LogP contribution in [0.1, 0.15) is 30.0 Å². The lowest BCUT2D eigenvalue weighted by molar-refractivity contribution is 0.310. The molecule has 0 aliphatic heterocycles. The SMILES string of the molecule is C=Cc1ccc(CCCOc2ccccc2C(=C)C)cc1. The number of aryl methyl sites for hydroxylation is 1. The van der Waals surface area contributed by atoms with Crippen LogP contribution in [0.3, 0.4) is 0 Å². The average molecular weight is 278 g/mol. The van der Waals surface area contributed by atoms with Crippen LogP contribution >= 0.6 is 0 Å². The monoisotopic (exact) mass is 278 g/mol. The van der Waals surface area contributed by atoms with E-state index in [0.29, 0.717) is 6.61 Å². The van der Waals surface area contributed by atoms with Crippen molar-refractivity contribution in [2.24, 2.45) is 0 Å². The van der Waals surface area contributed by atoms with Crippen LogP contribution in [-0.4, -0.2) is 6.61 Å². The number of para-hydroxylation sites is 1. The standard InChI is InChI=1S/C20H22O/c1-4-17-11-13-18(14-12-17)8-7-15-21-20-10-6-5-9-19(20)16(2)3/h4-6,9-14H,1-2,7-8,15H2,3H3. The fourth-order valence-corrected chi connectivity index (χ4v) is 2.22. The molecule has 0 fully saturated rings. The van der Waals surface area contributed by atoms with Gasteiger partial charge in [0.25, 0.3) is 0 Å². The van der Waals surface area contributed by atoms with Crippen LogP contribution < -0.4 is 4.74 Å². The maximum atomic E-state index is 5.89. The van der Waals surface area contributed by atoms with Gasteiger partial charge in [-0.25, -0.2) is 0 Å². The van der Waals surface area contributed by atoms with Crippen LogP contribution in [-0.2, 0) is 6.42 Å². The van der Waals surface area contributed by atoms with Gasteiger partial charge in [0.05, 0.1) is 6.61 Å². The molecular weight excluding hydrogens is 256 g/mol. The molecule has 0 saturated heterocycles. The van der Waals surface area contributed by atoms with Gasteiger partial charge in [0.15, 0.2) is 0 Å². The molecule has 0 spiro atoms. The minimum atomic E-state index is 0.716. The molecule has 108 valence electrons. The molecule has 0 unspecified atom stereocenters. The molecule has 0 amide bonds. The lowest BCUT2D eigenvalue weighted by Gasteiger charge is -2.11. The smallest absolute Gasteiger partial charge is 0.126 e. The van der Waals surface area contributed by atoms with Crippen molar-refractivity contribution in [1.29, 1.82) is 0 Å². The summed E-state index contributed by atoms with van der Waals surface area (Å²) < 4.78 is 5.89. The van der Waals surface area contributed by atoms with Crippen molar-refractivity contribution in [3.8, 4) is 5.75 Å². The maximum absolute atomic E-state index is 5.89. The van der Waals surface area contributed by atoms with Crippen molar-refractivity contribution >= 4 is 11.6 Å². The zero-order chi connectivity index (χ0) is 15.1. The van der Waals surface area contributed by atoms with Crippen LogP contribution in [0, 0.1) is 0 Å². The van der Waals surface area contributed by atoms with Gasteiger partial charge < -0.3 is 4.74 Å². The Morgan fingerprint density at radius 2 is 1.81 bits per heavy atom. The van der Waals surface area contributed by atoms with Crippen LogP contribution in [0.15, 0.2) is 61.7 Å². The quantitative estimate of drug-likeness (QED) is 0.618. The zero-order valence-corrected chi connectivity index (χ0v) is 12.6. The van der Waals surface area contributed by atoms with Gasteiger partial charge in [-0.05, 0) is 42.5 Å². The second-order valence-corrected chi connectivity index (χ2v) is 5.17. The summed E-state index contributed by atoms with van der Waals surface area (Å²) in [6.45, 7) is 10.5. The predicted octanol–water partition coefficient (Wildman–Crippen LogP) is 5.37. The molecule has 2 aromatic carbocycles. The Morgan fingerprint density at radius 1 is 1.10 bits per heavy atom. The van der Waals surface area contributed by atoms with E-state index in [4.69, 9.17) is 4.74 Å². The second kappa shape index (κ2) is 7.49. The summed E-state index contributed by atoms with van der Waals surface area (Å²) in [6, 6.07) is 16.6. The highest BCUT2D eigenvalue weighted by Gasteiger charge is 2.03. The van der Waals surface area contributed by atoms with Crippen LogP contribution in [0.25, 0.3) is 11.6 Å². The predicted molar refractivity (Wildman–Crippen MR) is 91.5 cm³/mol. The second-order valence-electron chi connectivity index (χ2n) is 5.17. The van der Waals surface area contributed by atoms with Crippen molar-refractivity contribution in [2.45, 2.75) is 19.8 Å². The van der Waals surface area contributed by atoms with E-state index in [9.17, 15) is 0 Å². The minimum absolute atomic E-state index is 0.716. The normalized spacial score (nSPS) is 10.1. The molecule has 0 aliphatic rings.